The standard InChI is InChI=1S/C22H31N5O4S/c1-4-6-17(10-13-28)21(25-22(23)26(2)12-14-31-3)18-9-11-27(16-18)19-7-5-8-20(15-19)32(24,29)30/h4-5,7-8,10,13,15-17,23,28H,1,6,9,11-12,14H2,2-3H3,(H2,24,29,30)/b13-10+,23-22?,25-21?. The lowest BCUT2D eigenvalue weighted by Crippen LogP contribution is -2.30. The van der Waals surface area contributed by atoms with Crippen molar-refractivity contribution in [1.29, 1.82) is 5.41 Å². The summed E-state index contributed by atoms with van der Waals surface area (Å²) in [6.07, 6.45) is 7.40. The number of ether oxygens (including phenoxy) is 1. The molecular weight excluding hydrogens is 430 g/mol. The van der Waals surface area contributed by atoms with Crippen LogP contribution in [0.2, 0.25) is 0 Å². The van der Waals surface area contributed by atoms with E-state index in [-0.39, 0.29) is 16.8 Å². The molecular formula is C22H31N5O4S. The van der Waals surface area contributed by atoms with Gasteiger partial charge in [-0.25, -0.2) is 18.5 Å². The number of anilines is 1. The fourth-order valence-electron chi connectivity index (χ4n) is 3.29. The predicted molar refractivity (Wildman–Crippen MR) is 128 cm³/mol. The first-order valence-corrected chi connectivity index (χ1v) is 11.7. The Bertz CT molecular complexity index is 1020. The molecule has 1 aromatic carbocycles. The topological polar surface area (TPSA) is 132 Å². The maximum Gasteiger partial charge on any atom is 0.238 e. The number of rotatable bonds is 10. The van der Waals surface area contributed by atoms with Crippen molar-refractivity contribution >= 4 is 27.4 Å². The average molecular weight is 462 g/mol. The molecule has 9 nitrogen and oxygen atoms in total. The summed E-state index contributed by atoms with van der Waals surface area (Å²) < 4.78 is 28.5. The first-order chi connectivity index (χ1) is 15.2. The summed E-state index contributed by atoms with van der Waals surface area (Å²) in [5.41, 5.74) is 2.23. The van der Waals surface area contributed by atoms with Gasteiger partial charge in [0.25, 0.3) is 0 Å². The van der Waals surface area contributed by atoms with Crippen molar-refractivity contribution < 1.29 is 18.3 Å². The maximum atomic E-state index is 11.7. The fourth-order valence-corrected chi connectivity index (χ4v) is 3.84. The summed E-state index contributed by atoms with van der Waals surface area (Å²) in [5.74, 6) is -0.191. The first kappa shape index (κ1) is 25.3. The molecule has 0 radical (unpaired) electrons. The largest absolute Gasteiger partial charge is 0.516 e. The molecule has 1 unspecified atom stereocenters. The van der Waals surface area contributed by atoms with Crippen molar-refractivity contribution in [2.75, 3.05) is 38.8 Å². The van der Waals surface area contributed by atoms with Crippen LogP contribution in [0.4, 0.5) is 5.69 Å². The minimum absolute atomic E-state index is 0.0417. The van der Waals surface area contributed by atoms with E-state index in [1.54, 1.807) is 43.3 Å². The van der Waals surface area contributed by atoms with E-state index in [2.05, 4.69) is 11.6 Å². The van der Waals surface area contributed by atoms with Gasteiger partial charge in [-0.15, -0.1) is 6.58 Å². The van der Waals surface area contributed by atoms with Crippen LogP contribution < -0.4 is 10.0 Å². The molecule has 1 aliphatic rings. The van der Waals surface area contributed by atoms with Gasteiger partial charge in [0, 0.05) is 45.1 Å². The molecule has 32 heavy (non-hydrogen) atoms. The Morgan fingerprint density at radius 2 is 2.25 bits per heavy atom. The number of aliphatic imine (C=N–C) groups is 1. The molecule has 1 atom stereocenters. The number of likely N-dealkylation sites (N-methyl/N-ethyl adjacent to an activating group) is 1. The number of aliphatic hydroxyl groups excluding tert-OH is 1. The van der Waals surface area contributed by atoms with Crippen LogP contribution in [0.3, 0.4) is 0 Å². The zero-order chi connectivity index (χ0) is 23.7. The monoisotopic (exact) mass is 461 g/mol. The number of nitrogens with two attached hydrogens (primary N) is 1. The Kier molecular flexibility index (Phi) is 9.18. The highest BCUT2D eigenvalue weighted by Crippen LogP contribution is 2.28. The molecule has 174 valence electrons. The number of hydrogen-bond acceptors (Lipinski definition) is 6. The highest BCUT2D eigenvalue weighted by molar-refractivity contribution is 7.89. The van der Waals surface area contributed by atoms with E-state index in [9.17, 15) is 13.5 Å². The number of methoxy groups -OCH3 is 1. The SMILES string of the molecule is C=CCC(/C=C/O)C(=NC(=N)N(C)CCOC)C1=CN(c2cccc(S(N)(=O)=O)c2)CC1. The third kappa shape index (κ3) is 6.78. The van der Waals surface area contributed by atoms with E-state index in [4.69, 9.17) is 15.3 Å². The van der Waals surface area contributed by atoms with Crippen LogP contribution in [-0.4, -0.2) is 63.9 Å². The Hall–Kier alpha value is -2.95. The number of sulfonamides is 1. The van der Waals surface area contributed by atoms with E-state index < -0.39 is 10.0 Å². The Morgan fingerprint density at radius 1 is 1.50 bits per heavy atom. The van der Waals surface area contributed by atoms with Gasteiger partial charge >= 0.3 is 0 Å². The number of primary sulfonamides is 1. The third-order valence-electron chi connectivity index (χ3n) is 5.05. The molecule has 0 aliphatic carbocycles. The Labute approximate surface area is 189 Å². The van der Waals surface area contributed by atoms with Crippen LogP contribution in [0, 0.1) is 11.3 Å². The molecule has 1 heterocycles. The van der Waals surface area contributed by atoms with E-state index >= 15 is 0 Å². The van der Waals surface area contributed by atoms with Gasteiger partial charge in [0.1, 0.15) is 0 Å². The van der Waals surface area contributed by atoms with Crippen LogP contribution in [-0.2, 0) is 14.8 Å². The number of nitrogens with zero attached hydrogens (tertiary/aromatic N) is 3. The van der Waals surface area contributed by atoms with Gasteiger partial charge in [-0.2, -0.15) is 0 Å². The highest BCUT2D eigenvalue weighted by atomic mass is 32.2. The van der Waals surface area contributed by atoms with Gasteiger partial charge in [-0.3, -0.25) is 5.41 Å². The third-order valence-corrected chi connectivity index (χ3v) is 5.96. The van der Waals surface area contributed by atoms with Crippen molar-refractivity contribution in [1.82, 2.24) is 4.90 Å². The average Bonchev–Trinajstić information content (AvgIpc) is 3.25. The van der Waals surface area contributed by atoms with Crippen molar-refractivity contribution in [2.24, 2.45) is 16.0 Å². The number of benzene rings is 1. The summed E-state index contributed by atoms with van der Waals surface area (Å²) in [7, 11) is -0.446. The molecule has 4 N–H and O–H groups in total. The smallest absolute Gasteiger partial charge is 0.238 e. The molecule has 0 saturated heterocycles. The zero-order valence-electron chi connectivity index (χ0n) is 18.4. The molecule has 0 bridgehead atoms. The molecule has 0 spiro atoms. The predicted octanol–water partition coefficient (Wildman–Crippen LogP) is 2.65. The maximum absolute atomic E-state index is 11.7. The number of aliphatic hydroxyl groups is 1. The minimum atomic E-state index is -3.81. The molecule has 2 rings (SSSR count). The van der Waals surface area contributed by atoms with E-state index in [1.807, 2.05) is 11.1 Å². The number of allylic oxidation sites excluding steroid dienone is 2. The van der Waals surface area contributed by atoms with E-state index in [0.29, 0.717) is 43.9 Å². The van der Waals surface area contributed by atoms with E-state index in [0.717, 1.165) is 11.8 Å². The Morgan fingerprint density at radius 3 is 2.88 bits per heavy atom. The molecule has 1 aliphatic heterocycles. The number of hydrogen-bond donors (Lipinski definition) is 3. The zero-order valence-corrected chi connectivity index (χ0v) is 19.3. The molecule has 1 aromatic rings. The van der Waals surface area contributed by atoms with Crippen LogP contribution in [0.1, 0.15) is 12.8 Å². The first-order valence-electron chi connectivity index (χ1n) is 10.1. The molecule has 0 amide bonds. The van der Waals surface area contributed by atoms with Gasteiger partial charge in [-0.1, -0.05) is 12.1 Å². The minimum Gasteiger partial charge on any atom is -0.516 e. The lowest BCUT2D eigenvalue weighted by Gasteiger charge is -2.20. The lowest BCUT2D eigenvalue weighted by molar-refractivity contribution is 0.182. The second-order valence-corrected chi connectivity index (χ2v) is 8.91. The summed E-state index contributed by atoms with van der Waals surface area (Å²) in [6.45, 7) is 5.38. The molecule has 10 heteroatoms. The highest BCUT2D eigenvalue weighted by Gasteiger charge is 2.24. The molecule has 0 saturated carbocycles. The van der Waals surface area contributed by atoms with Crippen LogP contribution >= 0.6 is 0 Å². The second-order valence-electron chi connectivity index (χ2n) is 7.35. The van der Waals surface area contributed by atoms with Gasteiger partial charge < -0.3 is 19.6 Å². The van der Waals surface area contributed by atoms with Crippen molar-refractivity contribution in [3.63, 3.8) is 0 Å². The molecule has 0 fully saturated rings. The van der Waals surface area contributed by atoms with Crippen molar-refractivity contribution in [3.05, 3.63) is 61.0 Å². The summed E-state index contributed by atoms with van der Waals surface area (Å²) in [6, 6.07) is 6.43. The van der Waals surface area contributed by atoms with Crippen LogP contribution in [0.5, 0.6) is 0 Å². The normalized spacial score (nSPS) is 15.7. The van der Waals surface area contributed by atoms with E-state index in [1.165, 1.54) is 12.1 Å². The quantitative estimate of drug-likeness (QED) is 0.212. The van der Waals surface area contributed by atoms with Crippen LogP contribution in [0.15, 0.2) is 70.9 Å². The Balaban J connectivity index is 2.42. The van der Waals surface area contributed by atoms with Crippen molar-refractivity contribution in [2.45, 2.75) is 17.7 Å². The van der Waals surface area contributed by atoms with Gasteiger partial charge in [0.15, 0.2) is 0 Å². The van der Waals surface area contributed by atoms with Gasteiger partial charge in [0.2, 0.25) is 16.0 Å². The lowest BCUT2D eigenvalue weighted by atomic mass is 9.93. The van der Waals surface area contributed by atoms with Gasteiger partial charge in [0.05, 0.1) is 23.5 Å². The fraction of sp³-hybridized carbons (Fsp3) is 0.364. The van der Waals surface area contributed by atoms with Crippen molar-refractivity contribution in [3.8, 4) is 0 Å². The number of nitrogens with one attached hydrogen (secondary N) is 1. The summed E-state index contributed by atoms with van der Waals surface area (Å²) >= 11 is 0. The van der Waals surface area contributed by atoms with Crippen LogP contribution in [0.25, 0.3) is 0 Å². The summed E-state index contributed by atoms with van der Waals surface area (Å²) in [5, 5.41) is 23.1. The molecule has 0 aromatic heterocycles. The summed E-state index contributed by atoms with van der Waals surface area (Å²) in [4.78, 5) is 8.23. The second kappa shape index (κ2) is 11.6. The number of guanidine groups is 1. The van der Waals surface area contributed by atoms with Gasteiger partial charge in [-0.05, 0) is 42.7 Å².